The molecular weight excluding hydrogens is 240 g/mol. The summed E-state index contributed by atoms with van der Waals surface area (Å²) in [5.41, 5.74) is 6.51. The van der Waals surface area contributed by atoms with E-state index in [1.54, 1.807) is 24.3 Å². The van der Waals surface area contributed by atoms with Crippen LogP contribution in [0.4, 0.5) is 0 Å². The zero-order valence-electron chi connectivity index (χ0n) is 11.0. The SMILES string of the molecule is CC1(C2(NC(=O)c3ccc(C(N)=O)cc3)CC2)CC1. The van der Waals surface area contributed by atoms with Crippen molar-refractivity contribution in [2.45, 2.75) is 38.1 Å². The summed E-state index contributed by atoms with van der Waals surface area (Å²) < 4.78 is 0. The van der Waals surface area contributed by atoms with Gasteiger partial charge in [-0.2, -0.15) is 0 Å². The Morgan fingerprint density at radius 3 is 2.00 bits per heavy atom. The first-order valence-electron chi connectivity index (χ1n) is 6.68. The van der Waals surface area contributed by atoms with Crippen LogP contribution in [-0.4, -0.2) is 17.4 Å². The average molecular weight is 258 g/mol. The third kappa shape index (κ3) is 2.01. The first kappa shape index (κ1) is 12.2. The zero-order chi connectivity index (χ0) is 13.7. The Bertz CT molecular complexity index is 540. The van der Waals surface area contributed by atoms with Gasteiger partial charge in [0.2, 0.25) is 5.91 Å². The van der Waals surface area contributed by atoms with Gasteiger partial charge in [-0.05, 0) is 55.4 Å². The Balaban J connectivity index is 1.72. The fourth-order valence-corrected chi connectivity index (χ4v) is 2.75. The third-order valence-corrected chi connectivity index (χ3v) is 4.69. The molecule has 0 aliphatic heterocycles. The Hall–Kier alpha value is -1.84. The fourth-order valence-electron chi connectivity index (χ4n) is 2.75. The van der Waals surface area contributed by atoms with E-state index in [0.717, 1.165) is 12.8 Å². The molecule has 0 aromatic heterocycles. The van der Waals surface area contributed by atoms with Gasteiger partial charge in [-0.25, -0.2) is 0 Å². The topological polar surface area (TPSA) is 72.2 Å². The van der Waals surface area contributed by atoms with Crippen molar-refractivity contribution in [3.05, 3.63) is 35.4 Å². The minimum Gasteiger partial charge on any atom is -0.366 e. The molecular formula is C15H18N2O2. The van der Waals surface area contributed by atoms with Crippen molar-refractivity contribution in [3.8, 4) is 0 Å². The molecule has 1 aromatic rings. The molecule has 3 rings (SSSR count). The van der Waals surface area contributed by atoms with E-state index in [1.807, 2.05) is 0 Å². The molecule has 4 nitrogen and oxygen atoms in total. The lowest BCUT2D eigenvalue weighted by Gasteiger charge is -2.24. The molecule has 100 valence electrons. The molecule has 0 unspecified atom stereocenters. The number of carbonyl (C=O) groups excluding carboxylic acids is 2. The standard InChI is InChI=1S/C15H18N2O2/c1-14(6-7-14)15(8-9-15)17-13(19)11-4-2-10(3-5-11)12(16)18/h2-5H,6-9H2,1H3,(H2,16,18)(H,17,19). The van der Waals surface area contributed by atoms with Gasteiger partial charge in [-0.1, -0.05) is 6.92 Å². The highest BCUT2D eigenvalue weighted by molar-refractivity contribution is 5.97. The summed E-state index contributed by atoms with van der Waals surface area (Å²) in [5.74, 6) is -0.530. The van der Waals surface area contributed by atoms with Crippen molar-refractivity contribution in [1.29, 1.82) is 0 Å². The van der Waals surface area contributed by atoms with Gasteiger partial charge in [0.1, 0.15) is 0 Å². The Morgan fingerprint density at radius 2 is 1.58 bits per heavy atom. The van der Waals surface area contributed by atoms with E-state index in [1.165, 1.54) is 12.8 Å². The van der Waals surface area contributed by atoms with Crippen molar-refractivity contribution in [3.63, 3.8) is 0 Å². The Kier molecular flexibility index (Phi) is 2.46. The third-order valence-electron chi connectivity index (χ3n) is 4.69. The molecule has 2 amide bonds. The van der Waals surface area contributed by atoms with Crippen LogP contribution in [0.1, 0.15) is 53.3 Å². The maximum absolute atomic E-state index is 12.2. The number of hydrogen-bond acceptors (Lipinski definition) is 2. The second kappa shape index (κ2) is 3.83. The van der Waals surface area contributed by atoms with E-state index in [9.17, 15) is 9.59 Å². The molecule has 0 atom stereocenters. The van der Waals surface area contributed by atoms with Crippen molar-refractivity contribution < 1.29 is 9.59 Å². The smallest absolute Gasteiger partial charge is 0.251 e. The van der Waals surface area contributed by atoms with Crippen molar-refractivity contribution in [2.24, 2.45) is 11.1 Å². The minimum absolute atomic E-state index is 0.0203. The number of nitrogens with one attached hydrogen (secondary N) is 1. The van der Waals surface area contributed by atoms with Crippen LogP contribution in [0, 0.1) is 5.41 Å². The molecule has 19 heavy (non-hydrogen) atoms. The number of hydrogen-bond donors (Lipinski definition) is 2. The quantitative estimate of drug-likeness (QED) is 0.865. The van der Waals surface area contributed by atoms with Crippen molar-refractivity contribution in [1.82, 2.24) is 5.32 Å². The lowest BCUT2D eigenvalue weighted by atomic mass is 9.95. The van der Waals surface area contributed by atoms with Gasteiger partial charge in [-0.15, -0.1) is 0 Å². The van der Waals surface area contributed by atoms with E-state index in [-0.39, 0.29) is 11.4 Å². The molecule has 2 saturated carbocycles. The van der Waals surface area contributed by atoms with Crippen LogP contribution in [0.5, 0.6) is 0 Å². The van der Waals surface area contributed by atoms with Crippen LogP contribution in [0.25, 0.3) is 0 Å². The maximum atomic E-state index is 12.2. The van der Waals surface area contributed by atoms with Crippen molar-refractivity contribution >= 4 is 11.8 Å². The lowest BCUT2D eigenvalue weighted by molar-refractivity contribution is 0.0908. The van der Waals surface area contributed by atoms with Gasteiger partial charge in [-0.3, -0.25) is 9.59 Å². The molecule has 3 N–H and O–H groups in total. The monoisotopic (exact) mass is 258 g/mol. The summed E-state index contributed by atoms with van der Waals surface area (Å²) in [7, 11) is 0. The van der Waals surface area contributed by atoms with Gasteiger partial charge in [0, 0.05) is 16.7 Å². The number of amides is 2. The minimum atomic E-state index is -0.476. The highest BCUT2D eigenvalue weighted by Crippen LogP contribution is 2.63. The van der Waals surface area contributed by atoms with E-state index in [4.69, 9.17) is 5.73 Å². The molecule has 0 heterocycles. The summed E-state index contributed by atoms with van der Waals surface area (Å²) in [6, 6.07) is 6.49. The van der Waals surface area contributed by atoms with Crippen LogP contribution in [-0.2, 0) is 0 Å². The van der Waals surface area contributed by atoms with Gasteiger partial charge >= 0.3 is 0 Å². The summed E-state index contributed by atoms with van der Waals surface area (Å²) in [6.07, 6.45) is 4.56. The second-order valence-corrected chi connectivity index (χ2v) is 6.04. The average Bonchev–Trinajstić information content (AvgIpc) is 3.28. The predicted molar refractivity (Wildman–Crippen MR) is 71.7 cm³/mol. The van der Waals surface area contributed by atoms with Gasteiger partial charge in [0.25, 0.3) is 5.91 Å². The van der Waals surface area contributed by atoms with Crippen LogP contribution < -0.4 is 11.1 Å². The number of primary amides is 1. The summed E-state index contributed by atoms with van der Waals surface area (Å²) in [5, 5.41) is 3.18. The van der Waals surface area contributed by atoms with Crippen LogP contribution in [0.3, 0.4) is 0 Å². The molecule has 1 aromatic carbocycles. The summed E-state index contributed by atoms with van der Waals surface area (Å²) >= 11 is 0. The van der Waals surface area contributed by atoms with Crippen molar-refractivity contribution in [2.75, 3.05) is 0 Å². The zero-order valence-corrected chi connectivity index (χ0v) is 11.0. The molecule has 0 bridgehead atoms. The Morgan fingerprint density at radius 1 is 1.05 bits per heavy atom. The second-order valence-electron chi connectivity index (χ2n) is 6.04. The van der Waals surface area contributed by atoms with E-state index in [0.29, 0.717) is 16.5 Å². The number of rotatable bonds is 4. The highest BCUT2D eigenvalue weighted by Gasteiger charge is 2.63. The van der Waals surface area contributed by atoms with Gasteiger partial charge < -0.3 is 11.1 Å². The Labute approximate surface area is 112 Å². The molecule has 4 heteroatoms. The summed E-state index contributed by atoms with van der Waals surface area (Å²) in [4.78, 5) is 23.2. The van der Waals surface area contributed by atoms with Crippen LogP contribution in [0.15, 0.2) is 24.3 Å². The molecule has 0 spiro atoms. The van der Waals surface area contributed by atoms with E-state index in [2.05, 4.69) is 12.2 Å². The van der Waals surface area contributed by atoms with Gasteiger partial charge in [0.15, 0.2) is 0 Å². The molecule has 2 fully saturated rings. The van der Waals surface area contributed by atoms with E-state index < -0.39 is 5.91 Å². The maximum Gasteiger partial charge on any atom is 0.251 e. The molecule has 0 radical (unpaired) electrons. The first-order valence-corrected chi connectivity index (χ1v) is 6.68. The first-order chi connectivity index (χ1) is 8.96. The van der Waals surface area contributed by atoms with Crippen LogP contribution in [0.2, 0.25) is 0 Å². The van der Waals surface area contributed by atoms with Crippen LogP contribution >= 0.6 is 0 Å². The molecule has 0 saturated heterocycles. The largest absolute Gasteiger partial charge is 0.366 e. The molecule has 2 aliphatic rings. The number of nitrogens with two attached hydrogens (primary N) is 1. The normalized spacial score (nSPS) is 21.5. The van der Waals surface area contributed by atoms with Gasteiger partial charge in [0.05, 0.1) is 0 Å². The van der Waals surface area contributed by atoms with E-state index >= 15 is 0 Å². The summed E-state index contributed by atoms with van der Waals surface area (Å²) in [6.45, 7) is 2.25. The number of carbonyl (C=O) groups is 2. The number of benzene rings is 1. The highest BCUT2D eigenvalue weighted by atomic mass is 16.2. The fraction of sp³-hybridized carbons (Fsp3) is 0.467. The predicted octanol–water partition coefficient (Wildman–Crippen LogP) is 1.85. The molecule has 2 aliphatic carbocycles. The lowest BCUT2D eigenvalue weighted by Crippen LogP contribution is -2.42.